The molecule has 1 aliphatic rings. The number of nitrogens with two attached hydrogens (primary N) is 1. The minimum absolute atomic E-state index is 0.312. The van der Waals surface area contributed by atoms with Gasteiger partial charge in [0.2, 0.25) is 0 Å². The van der Waals surface area contributed by atoms with Crippen LogP contribution in [-0.2, 0) is 6.54 Å². The first-order valence-corrected chi connectivity index (χ1v) is 7.78. The number of likely N-dealkylation sites (tertiary alicyclic amines) is 1. The van der Waals surface area contributed by atoms with Crippen LogP contribution in [0.1, 0.15) is 37.9 Å². The van der Waals surface area contributed by atoms with Crippen molar-refractivity contribution in [2.45, 2.75) is 44.8 Å². The maximum atomic E-state index is 6.06. The van der Waals surface area contributed by atoms with Gasteiger partial charge in [0.1, 0.15) is 0 Å². The van der Waals surface area contributed by atoms with E-state index in [1.165, 1.54) is 18.5 Å². The highest BCUT2D eigenvalue weighted by Gasteiger charge is 2.27. The summed E-state index contributed by atoms with van der Waals surface area (Å²) in [7, 11) is 4.36. The topological polar surface area (TPSA) is 50.3 Å². The molecule has 114 valence electrons. The van der Waals surface area contributed by atoms with Crippen LogP contribution in [-0.4, -0.2) is 59.1 Å². The molecule has 2 heterocycles. The zero-order chi connectivity index (χ0) is 14.5. The number of aromatic nitrogens is 2. The summed E-state index contributed by atoms with van der Waals surface area (Å²) in [6, 6.07) is 1.03. The van der Waals surface area contributed by atoms with Gasteiger partial charge in [-0.25, -0.2) is 4.98 Å². The smallest absolute Gasteiger partial charge is 0.0948 e. The molecule has 0 amide bonds. The fraction of sp³-hybridized carbons (Fsp3) is 0.800. The van der Waals surface area contributed by atoms with E-state index < -0.39 is 0 Å². The number of nitrogens with zero attached hydrogens (tertiary/aromatic N) is 4. The van der Waals surface area contributed by atoms with Crippen molar-refractivity contribution in [1.82, 2.24) is 19.4 Å². The van der Waals surface area contributed by atoms with Crippen LogP contribution in [0.5, 0.6) is 0 Å². The van der Waals surface area contributed by atoms with Crippen LogP contribution in [0.15, 0.2) is 12.5 Å². The first-order chi connectivity index (χ1) is 9.67. The molecule has 0 aromatic carbocycles. The molecule has 1 aliphatic heterocycles. The number of aryl methyl sites for hydroxylation is 1. The Morgan fingerprint density at radius 1 is 1.40 bits per heavy atom. The van der Waals surface area contributed by atoms with Crippen LogP contribution in [0.4, 0.5) is 0 Å². The molecule has 5 heteroatoms. The fourth-order valence-electron chi connectivity index (χ4n) is 3.21. The summed E-state index contributed by atoms with van der Waals surface area (Å²) < 4.78 is 2.26. The average Bonchev–Trinajstić information content (AvgIpc) is 2.89. The van der Waals surface area contributed by atoms with Crippen molar-refractivity contribution >= 4 is 0 Å². The van der Waals surface area contributed by atoms with Crippen LogP contribution in [0.3, 0.4) is 0 Å². The van der Waals surface area contributed by atoms with Crippen molar-refractivity contribution in [3.63, 3.8) is 0 Å². The van der Waals surface area contributed by atoms with E-state index >= 15 is 0 Å². The molecule has 1 aromatic heterocycles. The van der Waals surface area contributed by atoms with Gasteiger partial charge in [0, 0.05) is 38.4 Å². The predicted molar refractivity (Wildman–Crippen MR) is 82.6 cm³/mol. The Kier molecular flexibility index (Phi) is 5.57. The Morgan fingerprint density at radius 2 is 2.10 bits per heavy atom. The average molecular weight is 279 g/mol. The maximum absolute atomic E-state index is 6.06. The van der Waals surface area contributed by atoms with Crippen LogP contribution >= 0.6 is 0 Å². The third-order valence-corrected chi connectivity index (χ3v) is 4.44. The zero-order valence-corrected chi connectivity index (χ0v) is 13.1. The molecule has 2 rings (SSSR count). The Hall–Kier alpha value is -0.910. The highest BCUT2D eigenvalue weighted by molar-refractivity contribution is 5.07. The van der Waals surface area contributed by atoms with Crippen LogP contribution in [0.25, 0.3) is 0 Å². The standard InChI is InChI=1S/C15H29N5/c1-4-7-20-12-17-11-15(20)14(10-16)19-8-5-13(6-9-19)18(2)3/h11-14H,4-10,16H2,1-3H3. The minimum Gasteiger partial charge on any atom is -0.333 e. The van der Waals surface area contributed by atoms with Gasteiger partial charge in [-0.05, 0) is 33.4 Å². The molecule has 1 fully saturated rings. The highest BCUT2D eigenvalue weighted by atomic mass is 15.2. The van der Waals surface area contributed by atoms with Gasteiger partial charge >= 0.3 is 0 Å². The lowest BCUT2D eigenvalue weighted by atomic mass is 10.0. The summed E-state index contributed by atoms with van der Waals surface area (Å²) in [5.41, 5.74) is 7.34. The van der Waals surface area contributed by atoms with Gasteiger partial charge in [0.25, 0.3) is 0 Å². The molecule has 5 nitrogen and oxygen atoms in total. The van der Waals surface area contributed by atoms with Crippen molar-refractivity contribution in [3.8, 4) is 0 Å². The van der Waals surface area contributed by atoms with E-state index in [4.69, 9.17) is 5.73 Å². The largest absolute Gasteiger partial charge is 0.333 e. The lowest BCUT2D eigenvalue weighted by Gasteiger charge is -2.39. The van der Waals surface area contributed by atoms with Crippen molar-refractivity contribution in [2.75, 3.05) is 33.7 Å². The number of piperidine rings is 1. The second-order valence-electron chi connectivity index (χ2n) is 5.99. The van der Waals surface area contributed by atoms with Crippen LogP contribution < -0.4 is 5.73 Å². The fourth-order valence-corrected chi connectivity index (χ4v) is 3.21. The van der Waals surface area contributed by atoms with E-state index in [2.05, 4.69) is 40.4 Å². The van der Waals surface area contributed by atoms with E-state index in [0.717, 1.165) is 26.1 Å². The Morgan fingerprint density at radius 3 is 2.65 bits per heavy atom. The van der Waals surface area contributed by atoms with Gasteiger partial charge in [-0.3, -0.25) is 4.90 Å². The van der Waals surface area contributed by atoms with Gasteiger partial charge in [-0.1, -0.05) is 6.92 Å². The van der Waals surface area contributed by atoms with E-state index in [1.807, 2.05) is 12.5 Å². The zero-order valence-electron chi connectivity index (χ0n) is 13.1. The van der Waals surface area contributed by atoms with E-state index in [0.29, 0.717) is 18.6 Å². The molecule has 1 saturated heterocycles. The summed E-state index contributed by atoms with van der Waals surface area (Å²) in [5, 5.41) is 0. The summed E-state index contributed by atoms with van der Waals surface area (Å²) >= 11 is 0. The van der Waals surface area contributed by atoms with Gasteiger partial charge in [-0.15, -0.1) is 0 Å². The molecule has 0 spiro atoms. The van der Waals surface area contributed by atoms with E-state index in [1.54, 1.807) is 0 Å². The number of rotatable bonds is 6. The van der Waals surface area contributed by atoms with Crippen LogP contribution in [0, 0.1) is 0 Å². The van der Waals surface area contributed by atoms with Crippen molar-refractivity contribution in [2.24, 2.45) is 5.73 Å². The second-order valence-corrected chi connectivity index (χ2v) is 5.99. The lowest BCUT2D eigenvalue weighted by Crippen LogP contribution is -2.45. The monoisotopic (exact) mass is 279 g/mol. The quantitative estimate of drug-likeness (QED) is 0.853. The number of hydrogen-bond donors (Lipinski definition) is 1. The molecule has 0 aliphatic carbocycles. The minimum atomic E-state index is 0.312. The SMILES string of the molecule is CCCn1cncc1C(CN)N1CCC(N(C)C)CC1. The second kappa shape index (κ2) is 7.20. The Bertz CT molecular complexity index is 393. The third kappa shape index (κ3) is 3.40. The molecular weight excluding hydrogens is 250 g/mol. The molecule has 0 bridgehead atoms. The third-order valence-electron chi connectivity index (χ3n) is 4.44. The number of hydrogen-bond acceptors (Lipinski definition) is 4. The lowest BCUT2D eigenvalue weighted by molar-refractivity contribution is 0.107. The molecule has 1 unspecified atom stereocenters. The van der Waals surface area contributed by atoms with Crippen LogP contribution in [0.2, 0.25) is 0 Å². The van der Waals surface area contributed by atoms with E-state index in [-0.39, 0.29) is 0 Å². The molecule has 1 aromatic rings. The first kappa shape index (κ1) is 15.5. The number of imidazole rings is 1. The normalized spacial score (nSPS) is 19.6. The van der Waals surface area contributed by atoms with Gasteiger partial charge in [0.05, 0.1) is 18.1 Å². The Labute approximate surface area is 122 Å². The van der Waals surface area contributed by atoms with Crippen molar-refractivity contribution in [1.29, 1.82) is 0 Å². The van der Waals surface area contributed by atoms with Crippen molar-refractivity contribution in [3.05, 3.63) is 18.2 Å². The summed E-state index contributed by atoms with van der Waals surface area (Å²) in [4.78, 5) is 9.19. The molecule has 20 heavy (non-hydrogen) atoms. The van der Waals surface area contributed by atoms with Crippen molar-refractivity contribution < 1.29 is 0 Å². The summed E-state index contributed by atoms with van der Waals surface area (Å²) in [6.07, 6.45) is 7.51. The molecule has 2 N–H and O–H groups in total. The first-order valence-electron chi connectivity index (χ1n) is 7.78. The predicted octanol–water partition coefficient (Wildman–Crippen LogP) is 1.32. The molecule has 0 radical (unpaired) electrons. The highest BCUT2D eigenvalue weighted by Crippen LogP contribution is 2.25. The van der Waals surface area contributed by atoms with Gasteiger partial charge < -0.3 is 15.2 Å². The summed E-state index contributed by atoms with van der Waals surface area (Å²) in [6.45, 7) is 6.15. The van der Waals surface area contributed by atoms with Gasteiger partial charge in [0.15, 0.2) is 0 Å². The van der Waals surface area contributed by atoms with E-state index in [9.17, 15) is 0 Å². The summed E-state index contributed by atoms with van der Waals surface area (Å²) in [5.74, 6) is 0. The maximum Gasteiger partial charge on any atom is 0.0948 e. The molecule has 1 atom stereocenters. The molecular formula is C15H29N5. The molecule has 0 saturated carbocycles. The Balaban J connectivity index is 2.04. The van der Waals surface area contributed by atoms with Gasteiger partial charge in [-0.2, -0.15) is 0 Å².